The van der Waals surface area contributed by atoms with Crippen LogP contribution < -0.4 is 5.32 Å². The average molecular weight is 239 g/mol. The molecule has 2 heteroatoms. The molecular weight excluding hydrogens is 210 g/mol. The van der Waals surface area contributed by atoms with Gasteiger partial charge in [0.15, 0.2) is 0 Å². The van der Waals surface area contributed by atoms with E-state index in [1.165, 1.54) is 57.8 Å². The highest BCUT2D eigenvalue weighted by atomic mass is 16.5. The molecule has 0 atom stereocenters. The van der Waals surface area contributed by atoms with Crippen LogP contribution in [0.4, 0.5) is 0 Å². The molecule has 0 aromatic carbocycles. The minimum absolute atomic E-state index is 0.188. The second-order valence-corrected chi connectivity index (χ2v) is 5.99. The normalized spacial score (nSPS) is 25.2. The van der Waals surface area contributed by atoms with E-state index in [-0.39, 0.29) is 5.60 Å². The van der Waals surface area contributed by atoms with Crippen molar-refractivity contribution in [2.24, 2.45) is 5.92 Å². The first-order valence-corrected chi connectivity index (χ1v) is 7.69. The summed E-state index contributed by atoms with van der Waals surface area (Å²) in [5, 5.41) is 3.49. The van der Waals surface area contributed by atoms with Crippen molar-refractivity contribution in [1.29, 1.82) is 0 Å². The summed E-state index contributed by atoms with van der Waals surface area (Å²) in [6.45, 7) is 5.33. The molecule has 0 aromatic rings. The maximum absolute atomic E-state index is 6.37. The van der Waals surface area contributed by atoms with E-state index in [1.807, 2.05) is 0 Å². The van der Waals surface area contributed by atoms with Gasteiger partial charge < -0.3 is 10.1 Å². The first-order valence-electron chi connectivity index (χ1n) is 7.69. The zero-order chi connectivity index (χ0) is 12.0. The highest BCUT2D eigenvalue weighted by Crippen LogP contribution is 2.34. The molecule has 0 radical (unpaired) electrons. The van der Waals surface area contributed by atoms with E-state index in [0.29, 0.717) is 0 Å². The molecule has 2 aliphatic carbocycles. The van der Waals surface area contributed by atoms with Crippen LogP contribution in [-0.2, 0) is 4.74 Å². The van der Waals surface area contributed by atoms with Gasteiger partial charge in [-0.05, 0) is 38.1 Å². The summed E-state index contributed by atoms with van der Waals surface area (Å²) in [7, 11) is 0. The summed E-state index contributed by atoms with van der Waals surface area (Å²) >= 11 is 0. The first-order chi connectivity index (χ1) is 8.35. The van der Waals surface area contributed by atoms with Gasteiger partial charge >= 0.3 is 0 Å². The molecule has 0 aromatic heterocycles. The molecule has 2 fully saturated rings. The third-order valence-electron chi connectivity index (χ3n) is 4.56. The predicted octanol–water partition coefficient (Wildman–Crippen LogP) is 3.51. The van der Waals surface area contributed by atoms with Crippen molar-refractivity contribution in [1.82, 2.24) is 5.32 Å². The van der Waals surface area contributed by atoms with E-state index in [9.17, 15) is 0 Å². The lowest BCUT2D eigenvalue weighted by molar-refractivity contribution is -0.0591. The standard InChI is InChI=1S/C15H29NO/c1-2-16-13-15(10-6-7-11-15)17-12-14-8-4-3-5-9-14/h14,16H,2-13H2,1H3. The van der Waals surface area contributed by atoms with Crippen LogP contribution in [0.1, 0.15) is 64.7 Å². The molecule has 2 aliphatic rings. The lowest BCUT2D eigenvalue weighted by Gasteiger charge is -2.32. The van der Waals surface area contributed by atoms with Gasteiger partial charge in [-0.1, -0.05) is 39.0 Å². The van der Waals surface area contributed by atoms with Crippen LogP contribution >= 0.6 is 0 Å². The maximum Gasteiger partial charge on any atom is 0.0806 e. The summed E-state index contributed by atoms with van der Waals surface area (Å²) in [6.07, 6.45) is 12.3. The van der Waals surface area contributed by atoms with E-state index in [0.717, 1.165) is 25.6 Å². The Balaban J connectivity index is 1.76. The quantitative estimate of drug-likeness (QED) is 0.766. The van der Waals surface area contributed by atoms with Crippen molar-refractivity contribution in [2.75, 3.05) is 19.7 Å². The van der Waals surface area contributed by atoms with Crippen molar-refractivity contribution < 1.29 is 4.74 Å². The van der Waals surface area contributed by atoms with E-state index in [4.69, 9.17) is 4.74 Å². The van der Waals surface area contributed by atoms with Crippen LogP contribution in [0.3, 0.4) is 0 Å². The maximum atomic E-state index is 6.37. The van der Waals surface area contributed by atoms with Gasteiger partial charge in [-0.25, -0.2) is 0 Å². The first kappa shape index (κ1) is 13.4. The van der Waals surface area contributed by atoms with Gasteiger partial charge in [-0.15, -0.1) is 0 Å². The summed E-state index contributed by atoms with van der Waals surface area (Å²) in [4.78, 5) is 0. The van der Waals surface area contributed by atoms with Gasteiger partial charge in [0.05, 0.1) is 12.2 Å². The summed E-state index contributed by atoms with van der Waals surface area (Å²) < 4.78 is 6.37. The van der Waals surface area contributed by atoms with E-state index in [1.54, 1.807) is 0 Å². The van der Waals surface area contributed by atoms with Crippen LogP contribution in [-0.4, -0.2) is 25.3 Å². The van der Waals surface area contributed by atoms with Gasteiger partial charge in [0.1, 0.15) is 0 Å². The van der Waals surface area contributed by atoms with Gasteiger partial charge in [0, 0.05) is 6.54 Å². The van der Waals surface area contributed by atoms with Crippen LogP contribution in [0.5, 0.6) is 0 Å². The predicted molar refractivity (Wildman–Crippen MR) is 72.3 cm³/mol. The van der Waals surface area contributed by atoms with Crippen molar-refractivity contribution in [3.05, 3.63) is 0 Å². The van der Waals surface area contributed by atoms with Crippen LogP contribution in [0.25, 0.3) is 0 Å². The van der Waals surface area contributed by atoms with E-state index in [2.05, 4.69) is 12.2 Å². The third-order valence-corrected chi connectivity index (χ3v) is 4.56. The molecule has 2 nitrogen and oxygen atoms in total. The molecule has 17 heavy (non-hydrogen) atoms. The zero-order valence-corrected chi connectivity index (χ0v) is 11.5. The number of nitrogens with one attached hydrogen (secondary N) is 1. The monoisotopic (exact) mass is 239 g/mol. The highest BCUT2D eigenvalue weighted by molar-refractivity contribution is 4.89. The smallest absolute Gasteiger partial charge is 0.0806 e. The molecule has 2 rings (SSSR count). The molecule has 100 valence electrons. The molecule has 2 saturated carbocycles. The second kappa shape index (κ2) is 6.75. The molecule has 0 spiro atoms. The minimum Gasteiger partial charge on any atom is -0.373 e. The molecule has 0 saturated heterocycles. The summed E-state index contributed by atoms with van der Waals surface area (Å²) in [6, 6.07) is 0. The lowest BCUT2D eigenvalue weighted by Crippen LogP contribution is -2.42. The molecular formula is C15H29NO. The Morgan fingerprint density at radius 3 is 2.41 bits per heavy atom. The van der Waals surface area contributed by atoms with Gasteiger partial charge in [-0.3, -0.25) is 0 Å². The molecule has 0 amide bonds. The van der Waals surface area contributed by atoms with Crippen LogP contribution in [0.2, 0.25) is 0 Å². The summed E-state index contributed by atoms with van der Waals surface area (Å²) in [5.41, 5.74) is 0.188. The Kier molecular flexibility index (Phi) is 5.30. The summed E-state index contributed by atoms with van der Waals surface area (Å²) in [5.74, 6) is 0.850. The van der Waals surface area contributed by atoms with E-state index >= 15 is 0 Å². The fourth-order valence-electron chi connectivity index (χ4n) is 3.39. The Labute approximate surface area is 107 Å². The van der Waals surface area contributed by atoms with Crippen molar-refractivity contribution in [2.45, 2.75) is 70.3 Å². The SMILES string of the molecule is CCNCC1(OCC2CCCCC2)CCCC1. The van der Waals surface area contributed by atoms with Crippen molar-refractivity contribution in [3.63, 3.8) is 0 Å². The molecule has 1 N–H and O–H groups in total. The lowest BCUT2D eigenvalue weighted by atomic mass is 9.89. The number of ether oxygens (including phenoxy) is 1. The number of rotatable bonds is 6. The minimum atomic E-state index is 0.188. The third kappa shape index (κ3) is 3.96. The van der Waals surface area contributed by atoms with Crippen LogP contribution in [0.15, 0.2) is 0 Å². The topological polar surface area (TPSA) is 21.3 Å². The van der Waals surface area contributed by atoms with Gasteiger partial charge in [0.25, 0.3) is 0 Å². The Morgan fingerprint density at radius 1 is 1.06 bits per heavy atom. The van der Waals surface area contributed by atoms with Gasteiger partial charge in [0.2, 0.25) is 0 Å². The zero-order valence-electron chi connectivity index (χ0n) is 11.5. The Hall–Kier alpha value is -0.0800. The van der Waals surface area contributed by atoms with Gasteiger partial charge in [-0.2, -0.15) is 0 Å². The number of hydrogen-bond donors (Lipinski definition) is 1. The molecule has 0 heterocycles. The molecule has 0 unspecified atom stereocenters. The number of hydrogen-bond acceptors (Lipinski definition) is 2. The molecule has 0 bridgehead atoms. The largest absolute Gasteiger partial charge is 0.373 e. The highest BCUT2D eigenvalue weighted by Gasteiger charge is 2.35. The number of likely N-dealkylation sites (N-methyl/N-ethyl adjacent to an activating group) is 1. The van der Waals surface area contributed by atoms with Crippen molar-refractivity contribution in [3.8, 4) is 0 Å². The second-order valence-electron chi connectivity index (χ2n) is 5.99. The van der Waals surface area contributed by atoms with E-state index < -0.39 is 0 Å². The molecule has 0 aliphatic heterocycles. The Morgan fingerprint density at radius 2 is 1.76 bits per heavy atom. The van der Waals surface area contributed by atoms with Crippen LogP contribution in [0, 0.1) is 5.92 Å². The fraction of sp³-hybridized carbons (Fsp3) is 1.00. The van der Waals surface area contributed by atoms with Crippen molar-refractivity contribution >= 4 is 0 Å². The fourth-order valence-corrected chi connectivity index (χ4v) is 3.39. The average Bonchev–Trinajstić information content (AvgIpc) is 2.85. The Bertz CT molecular complexity index is 205.